The van der Waals surface area contributed by atoms with Crippen molar-refractivity contribution in [2.24, 2.45) is 0 Å². The second-order valence-electron chi connectivity index (χ2n) is 8.91. The topological polar surface area (TPSA) is 13.1 Å². The minimum atomic E-state index is 0.933. The lowest BCUT2D eigenvalue weighted by molar-refractivity contribution is 0.669. The molecule has 0 aliphatic heterocycles. The summed E-state index contributed by atoms with van der Waals surface area (Å²) in [7, 11) is 0. The maximum Gasteiger partial charge on any atom is 0.136 e. The first-order valence-corrected chi connectivity index (χ1v) is 12.3. The molecule has 0 N–H and O–H groups in total. The van der Waals surface area contributed by atoms with Crippen LogP contribution in [0.4, 0.5) is 0 Å². The van der Waals surface area contributed by atoms with Crippen LogP contribution in [0.5, 0.6) is 0 Å². The van der Waals surface area contributed by atoms with Gasteiger partial charge in [-0.25, -0.2) is 0 Å². The average molecular weight is 451 g/mol. The van der Waals surface area contributed by atoms with Crippen molar-refractivity contribution in [3.05, 3.63) is 109 Å². The van der Waals surface area contributed by atoms with Gasteiger partial charge in [-0.05, 0) is 63.0 Å². The van der Waals surface area contributed by atoms with Gasteiger partial charge in [-0.1, -0.05) is 78.9 Å². The van der Waals surface area contributed by atoms with E-state index in [0.717, 1.165) is 16.6 Å². The van der Waals surface area contributed by atoms with E-state index in [4.69, 9.17) is 4.42 Å². The largest absolute Gasteiger partial charge is 0.456 e. The number of benzene rings is 6. The van der Waals surface area contributed by atoms with Crippen LogP contribution in [-0.4, -0.2) is 0 Å². The highest BCUT2D eigenvalue weighted by molar-refractivity contribution is 7.24. The van der Waals surface area contributed by atoms with Gasteiger partial charge in [-0.15, -0.1) is 11.3 Å². The highest BCUT2D eigenvalue weighted by atomic mass is 32.1. The molecule has 0 radical (unpaired) electrons. The van der Waals surface area contributed by atoms with Gasteiger partial charge in [-0.2, -0.15) is 0 Å². The van der Waals surface area contributed by atoms with Crippen LogP contribution >= 0.6 is 11.3 Å². The summed E-state index contributed by atoms with van der Waals surface area (Å²) < 4.78 is 8.83. The van der Waals surface area contributed by atoms with Gasteiger partial charge in [0.05, 0.1) is 0 Å². The smallest absolute Gasteiger partial charge is 0.136 e. The number of para-hydroxylation sites is 1. The Hall–Kier alpha value is -4.14. The molecule has 0 bridgehead atoms. The zero-order chi connectivity index (χ0) is 22.2. The van der Waals surface area contributed by atoms with Gasteiger partial charge < -0.3 is 4.42 Å². The molecule has 2 aromatic heterocycles. The first-order chi connectivity index (χ1) is 16.8. The van der Waals surface area contributed by atoms with Gasteiger partial charge in [0.15, 0.2) is 0 Å². The minimum absolute atomic E-state index is 0.933. The third kappa shape index (κ3) is 2.43. The number of furan rings is 1. The summed E-state index contributed by atoms with van der Waals surface area (Å²) in [6.45, 7) is 0. The van der Waals surface area contributed by atoms with Gasteiger partial charge in [0.2, 0.25) is 0 Å². The molecule has 0 fully saturated rings. The summed E-state index contributed by atoms with van der Waals surface area (Å²) in [5, 5.41) is 10.2. The van der Waals surface area contributed by atoms with Crippen LogP contribution in [0.25, 0.3) is 74.8 Å². The van der Waals surface area contributed by atoms with Crippen molar-refractivity contribution in [3.8, 4) is 11.1 Å². The molecule has 0 unspecified atom stereocenters. The van der Waals surface area contributed by atoms with Crippen molar-refractivity contribution in [2.45, 2.75) is 0 Å². The lowest BCUT2D eigenvalue weighted by Crippen LogP contribution is -1.83. The number of fused-ring (bicyclic) bond motifs is 4. The minimum Gasteiger partial charge on any atom is -0.456 e. The second kappa shape index (κ2) is 6.69. The molecule has 0 spiro atoms. The molecule has 6 aromatic carbocycles. The van der Waals surface area contributed by atoms with Crippen LogP contribution in [0.2, 0.25) is 0 Å². The molecule has 8 rings (SSSR count). The molecular formula is C32H18OS. The van der Waals surface area contributed by atoms with E-state index in [1.54, 1.807) is 0 Å². The molecule has 34 heavy (non-hydrogen) atoms. The normalized spacial score (nSPS) is 12.1. The SMILES string of the molecule is c1ccc2c(c1)oc1cc(-c3ccc4sc5cccc6cccc(c7cccc3c47)c65)ccc12. The van der Waals surface area contributed by atoms with Crippen molar-refractivity contribution in [1.82, 2.24) is 0 Å². The highest BCUT2D eigenvalue weighted by Gasteiger charge is 2.14. The van der Waals surface area contributed by atoms with Crippen LogP contribution in [0, 0.1) is 0 Å². The predicted octanol–water partition coefficient (Wildman–Crippen LogP) is 9.93. The molecule has 1 nitrogen and oxygen atoms in total. The standard InChI is InChI=1S/C32H18OS/c1-2-12-27-22(8-1)23-15-14-20(18-28(23)33-27)21-16-17-30-32-24(21)10-5-11-26(32)25-9-3-6-19-7-4-13-29(34-30)31(19)25/h1-18H. The van der Waals surface area contributed by atoms with Gasteiger partial charge >= 0.3 is 0 Å². The van der Waals surface area contributed by atoms with Gasteiger partial charge in [-0.3, -0.25) is 0 Å². The van der Waals surface area contributed by atoms with E-state index >= 15 is 0 Å². The van der Waals surface area contributed by atoms with Crippen molar-refractivity contribution in [2.75, 3.05) is 0 Å². The van der Waals surface area contributed by atoms with Crippen LogP contribution < -0.4 is 0 Å². The summed E-state index contributed by atoms with van der Waals surface area (Å²) in [5.41, 5.74) is 4.29. The Bertz CT molecular complexity index is 2070. The Balaban J connectivity index is 1.50. The third-order valence-electron chi connectivity index (χ3n) is 7.07. The van der Waals surface area contributed by atoms with Gasteiger partial charge in [0, 0.05) is 30.9 Å². The van der Waals surface area contributed by atoms with E-state index in [1.807, 2.05) is 23.5 Å². The predicted molar refractivity (Wildman–Crippen MR) is 147 cm³/mol. The van der Waals surface area contributed by atoms with Crippen molar-refractivity contribution >= 4 is 75.0 Å². The molecule has 0 saturated heterocycles. The summed E-state index contributed by atoms with van der Waals surface area (Å²) in [4.78, 5) is 0. The van der Waals surface area contributed by atoms with E-state index in [0.29, 0.717) is 0 Å². The summed E-state index contributed by atoms with van der Waals surface area (Å²) in [6.07, 6.45) is 0. The lowest BCUT2D eigenvalue weighted by Gasteiger charge is -2.10. The molecule has 0 amide bonds. The van der Waals surface area contributed by atoms with E-state index in [2.05, 4.69) is 97.1 Å². The molecule has 0 saturated carbocycles. The number of hydrogen-bond donors (Lipinski definition) is 0. The Morgan fingerprint density at radius 1 is 0.471 bits per heavy atom. The van der Waals surface area contributed by atoms with E-state index in [1.165, 1.54) is 58.2 Å². The third-order valence-corrected chi connectivity index (χ3v) is 8.19. The van der Waals surface area contributed by atoms with Gasteiger partial charge in [0.25, 0.3) is 0 Å². The molecule has 0 atom stereocenters. The quantitative estimate of drug-likeness (QED) is 0.242. The fourth-order valence-corrected chi connectivity index (χ4v) is 6.74. The van der Waals surface area contributed by atoms with Crippen LogP contribution in [0.15, 0.2) is 114 Å². The van der Waals surface area contributed by atoms with E-state index in [9.17, 15) is 0 Å². The lowest BCUT2D eigenvalue weighted by atomic mass is 9.94. The number of rotatable bonds is 1. The highest BCUT2D eigenvalue weighted by Crippen LogP contribution is 2.42. The zero-order valence-corrected chi connectivity index (χ0v) is 19.0. The van der Waals surface area contributed by atoms with Crippen molar-refractivity contribution < 1.29 is 4.42 Å². The Labute approximate surface area is 199 Å². The molecular weight excluding hydrogens is 432 g/mol. The zero-order valence-electron chi connectivity index (χ0n) is 18.2. The molecule has 8 aromatic rings. The second-order valence-corrected chi connectivity index (χ2v) is 9.99. The average Bonchev–Trinajstić information content (AvgIpc) is 3.19. The van der Waals surface area contributed by atoms with Crippen LogP contribution in [-0.2, 0) is 0 Å². The molecule has 0 aliphatic rings. The van der Waals surface area contributed by atoms with Crippen LogP contribution in [0.3, 0.4) is 0 Å². The first-order valence-electron chi connectivity index (χ1n) is 11.5. The fraction of sp³-hybridized carbons (Fsp3) is 0. The molecule has 2 heteroatoms. The van der Waals surface area contributed by atoms with Crippen LogP contribution in [0.1, 0.15) is 0 Å². The fourth-order valence-electron chi connectivity index (χ4n) is 5.56. The summed E-state index contributed by atoms with van der Waals surface area (Å²) in [6, 6.07) is 39.5. The van der Waals surface area contributed by atoms with E-state index < -0.39 is 0 Å². The Morgan fingerprint density at radius 3 is 2.12 bits per heavy atom. The Morgan fingerprint density at radius 2 is 1.18 bits per heavy atom. The first kappa shape index (κ1) is 18.3. The van der Waals surface area contributed by atoms with Crippen molar-refractivity contribution in [1.29, 1.82) is 0 Å². The number of hydrogen-bond acceptors (Lipinski definition) is 2. The summed E-state index contributed by atoms with van der Waals surface area (Å²) in [5.74, 6) is 0. The monoisotopic (exact) mass is 450 g/mol. The molecule has 0 aliphatic carbocycles. The van der Waals surface area contributed by atoms with Gasteiger partial charge in [0.1, 0.15) is 11.2 Å². The Kier molecular flexibility index (Phi) is 3.60. The maximum atomic E-state index is 6.20. The molecule has 158 valence electrons. The molecule has 2 heterocycles. The van der Waals surface area contributed by atoms with E-state index in [-0.39, 0.29) is 0 Å². The maximum absolute atomic E-state index is 6.20. The van der Waals surface area contributed by atoms with Crippen molar-refractivity contribution in [3.63, 3.8) is 0 Å². The summed E-state index contributed by atoms with van der Waals surface area (Å²) >= 11 is 1.88.